The predicted molar refractivity (Wildman–Crippen MR) is 197 cm³/mol. The summed E-state index contributed by atoms with van der Waals surface area (Å²) in [5.41, 5.74) is 0.950. The Balaban J connectivity index is 2.32. The van der Waals surface area contributed by atoms with Gasteiger partial charge in [-0.05, 0) is 31.4 Å². The first-order chi connectivity index (χ1) is 24.3. The molecule has 0 aliphatic heterocycles. The molecule has 3 unspecified atom stereocenters. The minimum absolute atomic E-state index is 0.122. The first-order valence-electron chi connectivity index (χ1n) is 18.9. The van der Waals surface area contributed by atoms with Gasteiger partial charge in [0.2, 0.25) is 5.91 Å². The Bertz CT molecular complexity index is 1070. The maximum absolute atomic E-state index is 12.7. The van der Waals surface area contributed by atoms with Gasteiger partial charge in [-0.2, -0.15) is 0 Å². The maximum Gasteiger partial charge on any atom is 0.251 e. The van der Waals surface area contributed by atoms with Gasteiger partial charge in [-0.25, -0.2) is 0 Å². The van der Waals surface area contributed by atoms with Gasteiger partial charge < -0.3 is 35.6 Å². The molecule has 0 saturated heterocycles. The zero-order valence-electron chi connectivity index (χ0n) is 30.7. The van der Waals surface area contributed by atoms with Crippen LogP contribution in [-0.2, 0) is 19.1 Å². The molecule has 0 aliphatic rings. The van der Waals surface area contributed by atoms with E-state index in [9.17, 15) is 29.4 Å². The molecular formula is C39H65N3O8. The number of aldehydes is 1. The van der Waals surface area contributed by atoms with Gasteiger partial charge in [0.05, 0.1) is 38.6 Å². The molecule has 0 fully saturated rings. The van der Waals surface area contributed by atoms with Gasteiger partial charge in [-0.15, -0.1) is 0 Å². The summed E-state index contributed by atoms with van der Waals surface area (Å²) in [4.78, 5) is 48.1. The van der Waals surface area contributed by atoms with Crippen LogP contribution < -0.4 is 16.0 Å². The summed E-state index contributed by atoms with van der Waals surface area (Å²) in [5, 5.41) is 29.7. The third-order valence-electron chi connectivity index (χ3n) is 8.38. The maximum atomic E-state index is 12.7. The van der Waals surface area contributed by atoms with Crippen LogP contribution in [0.1, 0.15) is 137 Å². The summed E-state index contributed by atoms with van der Waals surface area (Å²) in [7, 11) is 0. The Morgan fingerprint density at radius 1 is 0.720 bits per heavy atom. The van der Waals surface area contributed by atoms with Gasteiger partial charge >= 0.3 is 0 Å². The summed E-state index contributed by atoms with van der Waals surface area (Å²) in [6.45, 7) is 5.70. The van der Waals surface area contributed by atoms with E-state index in [1.54, 1.807) is 30.3 Å². The lowest BCUT2D eigenvalue weighted by molar-refractivity contribution is -0.134. The van der Waals surface area contributed by atoms with Crippen LogP contribution in [0.4, 0.5) is 0 Å². The van der Waals surface area contributed by atoms with Crippen LogP contribution in [0.5, 0.6) is 0 Å². The lowest BCUT2D eigenvalue weighted by atomic mass is 10.0. The number of aliphatic hydroxyl groups excluding tert-OH is 2. The molecule has 0 aromatic heterocycles. The number of nitrogens with one attached hydrogen (secondary N) is 3. The van der Waals surface area contributed by atoms with Crippen molar-refractivity contribution in [2.24, 2.45) is 0 Å². The number of unbranched alkanes of at least 4 members (excludes halogenated alkanes) is 13. The van der Waals surface area contributed by atoms with E-state index in [2.05, 4.69) is 22.9 Å². The summed E-state index contributed by atoms with van der Waals surface area (Å²) >= 11 is 0. The highest BCUT2D eigenvalue weighted by Crippen LogP contribution is 2.13. The molecule has 0 aliphatic carbocycles. The van der Waals surface area contributed by atoms with Crippen LogP contribution in [0.15, 0.2) is 36.4 Å². The third kappa shape index (κ3) is 22.6. The van der Waals surface area contributed by atoms with E-state index in [1.807, 2.05) is 13.0 Å². The van der Waals surface area contributed by atoms with Crippen LogP contribution in [0.3, 0.4) is 0 Å². The predicted octanol–water partition coefficient (Wildman–Crippen LogP) is 5.42. The van der Waals surface area contributed by atoms with Gasteiger partial charge in [0.15, 0.2) is 6.10 Å². The lowest BCUT2D eigenvalue weighted by Crippen LogP contribution is -2.56. The number of benzene rings is 1. The zero-order valence-corrected chi connectivity index (χ0v) is 30.7. The van der Waals surface area contributed by atoms with Gasteiger partial charge in [0.1, 0.15) is 6.29 Å². The number of carbonyl (C=O) groups excluding carboxylic acids is 4. The van der Waals surface area contributed by atoms with E-state index in [-0.39, 0.29) is 51.2 Å². The Hall–Kier alpha value is -3.12. The SMILES string of the molecule is CCCCCCCCCCCCCC=CC(O)C(NC(=O)CCCCC)C(O)C(=O)NCCOCCOCCNC(=O)c1ccc(C=O)cc1. The lowest BCUT2D eigenvalue weighted by Gasteiger charge is -2.26. The highest BCUT2D eigenvalue weighted by atomic mass is 16.5. The van der Waals surface area contributed by atoms with E-state index >= 15 is 0 Å². The Labute approximate surface area is 300 Å². The Morgan fingerprint density at radius 3 is 1.84 bits per heavy atom. The van der Waals surface area contributed by atoms with E-state index in [0.29, 0.717) is 30.4 Å². The van der Waals surface area contributed by atoms with Crippen LogP contribution in [-0.4, -0.2) is 92.0 Å². The Morgan fingerprint density at radius 2 is 1.26 bits per heavy atom. The van der Waals surface area contributed by atoms with Crippen molar-refractivity contribution in [2.75, 3.05) is 39.5 Å². The number of hydrogen-bond acceptors (Lipinski definition) is 8. The van der Waals surface area contributed by atoms with Crippen molar-refractivity contribution in [1.82, 2.24) is 16.0 Å². The van der Waals surface area contributed by atoms with Crippen molar-refractivity contribution in [1.29, 1.82) is 0 Å². The fourth-order valence-corrected chi connectivity index (χ4v) is 5.31. The van der Waals surface area contributed by atoms with E-state index in [1.165, 1.54) is 57.8 Å². The average molecular weight is 704 g/mol. The smallest absolute Gasteiger partial charge is 0.251 e. The van der Waals surface area contributed by atoms with E-state index in [0.717, 1.165) is 32.1 Å². The van der Waals surface area contributed by atoms with Crippen molar-refractivity contribution in [3.8, 4) is 0 Å². The van der Waals surface area contributed by atoms with Crippen molar-refractivity contribution < 1.29 is 38.9 Å². The topological polar surface area (TPSA) is 163 Å². The molecule has 284 valence electrons. The molecule has 0 radical (unpaired) electrons. The summed E-state index contributed by atoms with van der Waals surface area (Å²) in [6.07, 6.45) is 18.6. The number of aliphatic hydroxyl groups is 2. The van der Waals surface area contributed by atoms with Crippen molar-refractivity contribution in [3.63, 3.8) is 0 Å². The molecule has 11 heteroatoms. The molecule has 0 heterocycles. The molecule has 3 atom stereocenters. The highest BCUT2D eigenvalue weighted by molar-refractivity contribution is 5.94. The van der Waals surface area contributed by atoms with Gasteiger partial charge in [0.25, 0.3) is 11.8 Å². The standard InChI is InChI=1S/C39H65N3O8/c1-3-5-7-8-9-10-11-12-13-14-15-16-18-19-34(44)36(42-35(45)20-17-6-4-2)37(46)39(48)41-26-28-50-30-29-49-27-25-40-38(47)33-23-21-32(31-43)22-24-33/h18-19,21-24,31,34,36-37,44,46H,3-17,20,25-30H2,1-2H3,(H,40,47)(H,41,48)(H,42,45). The van der Waals surface area contributed by atoms with Gasteiger partial charge in [0, 0.05) is 30.6 Å². The largest absolute Gasteiger partial charge is 0.387 e. The molecule has 5 N–H and O–H groups in total. The number of hydrogen-bond donors (Lipinski definition) is 5. The van der Waals surface area contributed by atoms with Crippen molar-refractivity contribution in [3.05, 3.63) is 47.5 Å². The second-order valence-electron chi connectivity index (χ2n) is 12.7. The second kappa shape index (κ2) is 30.7. The third-order valence-corrected chi connectivity index (χ3v) is 8.38. The summed E-state index contributed by atoms with van der Waals surface area (Å²) in [5.74, 6) is -1.29. The minimum atomic E-state index is -1.65. The normalized spacial score (nSPS) is 13.1. The van der Waals surface area contributed by atoms with Crippen LogP contribution >= 0.6 is 0 Å². The average Bonchev–Trinajstić information content (AvgIpc) is 3.12. The quantitative estimate of drug-likeness (QED) is 0.0377. The molecule has 1 rings (SSSR count). The van der Waals surface area contributed by atoms with Crippen molar-refractivity contribution in [2.45, 2.75) is 135 Å². The van der Waals surface area contributed by atoms with Gasteiger partial charge in [-0.1, -0.05) is 115 Å². The second-order valence-corrected chi connectivity index (χ2v) is 12.7. The molecule has 50 heavy (non-hydrogen) atoms. The monoisotopic (exact) mass is 703 g/mol. The molecule has 3 amide bonds. The Kier molecular flexibility index (Phi) is 27.6. The molecule has 0 bridgehead atoms. The highest BCUT2D eigenvalue weighted by Gasteiger charge is 2.32. The van der Waals surface area contributed by atoms with Crippen LogP contribution in [0.25, 0.3) is 0 Å². The molecule has 0 spiro atoms. The number of carbonyl (C=O) groups is 4. The first-order valence-corrected chi connectivity index (χ1v) is 18.9. The van der Waals surface area contributed by atoms with E-state index in [4.69, 9.17) is 9.47 Å². The molecule has 11 nitrogen and oxygen atoms in total. The summed E-state index contributed by atoms with van der Waals surface area (Å²) < 4.78 is 10.9. The molecule has 0 saturated carbocycles. The minimum Gasteiger partial charge on any atom is -0.387 e. The van der Waals surface area contributed by atoms with E-state index < -0.39 is 24.2 Å². The molecular weight excluding hydrogens is 638 g/mol. The fourth-order valence-electron chi connectivity index (χ4n) is 5.31. The van der Waals surface area contributed by atoms with Crippen LogP contribution in [0.2, 0.25) is 0 Å². The zero-order chi connectivity index (χ0) is 36.7. The van der Waals surface area contributed by atoms with Gasteiger partial charge in [-0.3, -0.25) is 19.2 Å². The number of rotatable bonds is 32. The van der Waals surface area contributed by atoms with Crippen molar-refractivity contribution >= 4 is 24.0 Å². The number of ether oxygens (including phenoxy) is 2. The van der Waals surface area contributed by atoms with Crippen LogP contribution in [0, 0.1) is 0 Å². The number of allylic oxidation sites excluding steroid dienone is 1. The fraction of sp³-hybridized carbons (Fsp3) is 0.692. The molecule has 1 aromatic rings. The first kappa shape index (κ1) is 44.9. The number of amides is 3. The molecule has 1 aromatic carbocycles. The summed E-state index contributed by atoms with van der Waals surface area (Å²) in [6, 6.07) is 5.13.